The number of quaternary nitrogens is 1. The largest absolute Gasteiger partial charge is 0.477 e. The molecule has 0 saturated heterocycles. The van der Waals surface area contributed by atoms with Gasteiger partial charge in [-0.15, -0.1) is 0 Å². The minimum Gasteiger partial charge on any atom is -0.477 e. The van der Waals surface area contributed by atoms with E-state index in [4.69, 9.17) is 14.2 Å². The van der Waals surface area contributed by atoms with Crippen LogP contribution in [0.5, 0.6) is 0 Å². The van der Waals surface area contributed by atoms with E-state index in [0.717, 1.165) is 96.3 Å². The molecule has 0 radical (unpaired) electrons. The number of nitrogens with zero attached hydrogens (tertiary/aromatic N) is 1. The summed E-state index contributed by atoms with van der Waals surface area (Å²) in [5.74, 6) is -1.50. The minimum atomic E-state index is -0.880. The van der Waals surface area contributed by atoms with Crippen molar-refractivity contribution in [2.75, 3.05) is 41.0 Å². The molecule has 8 heteroatoms. The molecule has 1 N–H and O–H groups in total. The number of esters is 2. The molecule has 2 unspecified atom stereocenters. The maximum absolute atomic E-state index is 12.8. The zero-order valence-electron chi connectivity index (χ0n) is 43.1. The summed E-state index contributed by atoms with van der Waals surface area (Å²) in [6.07, 6.45) is 63.4. The lowest BCUT2D eigenvalue weighted by Gasteiger charge is -2.31. The quantitative estimate of drug-likeness (QED) is 0.0281. The number of carbonyl (C=O) groups excluding carboxylic acids is 2. The van der Waals surface area contributed by atoms with Crippen molar-refractivity contribution in [1.82, 2.24) is 0 Å². The van der Waals surface area contributed by atoms with Gasteiger partial charge in [0.25, 0.3) is 0 Å². The van der Waals surface area contributed by atoms with Crippen LogP contribution in [0.4, 0.5) is 0 Å². The highest BCUT2D eigenvalue weighted by molar-refractivity contribution is 5.72. The molecule has 0 saturated carbocycles. The molecule has 66 heavy (non-hydrogen) atoms. The number of hydrogen-bond acceptors (Lipinski definition) is 6. The van der Waals surface area contributed by atoms with Gasteiger partial charge in [0.05, 0.1) is 34.4 Å². The van der Waals surface area contributed by atoms with Gasteiger partial charge in [0.15, 0.2) is 12.1 Å². The van der Waals surface area contributed by atoms with Crippen LogP contribution in [-0.4, -0.2) is 80.6 Å². The van der Waals surface area contributed by atoms with Gasteiger partial charge in [-0.05, 0) is 89.9 Å². The number of carboxylic acid groups (broad SMARTS) is 1. The summed E-state index contributed by atoms with van der Waals surface area (Å²) in [4.78, 5) is 37.2. The lowest BCUT2D eigenvalue weighted by molar-refractivity contribution is -0.887. The molecule has 378 valence electrons. The predicted octanol–water partition coefficient (Wildman–Crippen LogP) is 15.6. The summed E-state index contributed by atoms with van der Waals surface area (Å²) in [7, 11) is 5.53. The lowest BCUT2D eigenvalue weighted by atomic mass is 10.0. The average molecular weight is 923 g/mol. The normalized spacial score (nSPS) is 13.5. The van der Waals surface area contributed by atoms with Crippen molar-refractivity contribution in [3.8, 4) is 0 Å². The van der Waals surface area contributed by atoms with Crippen molar-refractivity contribution in [3.05, 3.63) is 85.1 Å². The number of ether oxygens (including phenoxy) is 3. The van der Waals surface area contributed by atoms with Crippen LogP contribution in [0.15, 0.2) is 85.1 Å². The van der Waals surface area contributed by atoms with E-state index in [2.05, 4.69) is 98.9 Å². The molecule has 0 heterocycles. The van der Waals surface area contributed by atoms with Gasteiger partial charge in [0, 0.05) is 19.3 Å². The third-order valence-corrected chi connectivity index (χ3v) is 11.5. The standard InChI is InChI=1S/C58H99NO7/c1-6-8-10-12-14-16-18-20-22-24-26-28-30-32-34-36-38-40-42-44-46-48-56(60)65-53-54(52-64-51-50-55(58(62)63)59(3,4)5)66-57(61)49-47-45-43-41-39-37-35-33-31-29-27-25-23-21-19-17-15-13-11-9-7-2/h9,11,14-17,20-23,26,28,32,34,54-55H,6-8,10,12-13,18-19,24-25,27,29-31,33,35-53H2,1-5H3/p+1/b11-9+,16-14+,17-15+,22-20+,23-21+,28-26+,34-32+. The number of allylic oxidation sites excluding steroid dienone is 14. The fourth-order valence-corrected chi connectivity index (χ4v) is 7.44. The molecule has 2 atom stereocenters. The number of aliphatic carboxylic acids is 1. The first-order valence-corrected chi connectivity index (χ1v) is 26.6. The van der Waals surface area contributed by atoms with Gasteiger partial charge in [-0.3, -0.25) is 9.59 Å². The summed E-state index contributed by atoms with van der Waals surface area (Å²) in [5.41, 5.74) is 0. The number of likely N-dealkylation sites (N-methyl/N-ethyl adjacent to an activating group) is 1. The third kappa shape index (κ3) is 45.7. The van der Waals surface area contributed by atoms with Gasteiger partial charge >= 0.3 is 17.9 Å². The number of hydrogen-bond donors (Lipinski definition) is 1. The van der Waals surface area contributed by atoms with E-state index < -0.39 is 18.1 Å². The summed E-state index contributed by atoms with van der Waals surface area (Å²) >= 11 is 0. The van der Waals surface area contributed by atoms with E-state index in [-0.39, 0.29) is 36.2 Å². The molecule has 0 spiro atoms. The Labute approximate surface area is 405 Å². The fraction of sp³-hybridized carbons (Fsp3) is 0.707. The van der Waals surface area contributed by atoms with Gasteiger partial charge in [-0.25, -0.2) is 4.79 Å². The van der Waals surface area contributed by atoms with Gasteiger partial charge in [-0.1, -0.05) is 189 Å². The summed E-state index contributed by atoms with van der Waals surface area (Å²) < 4.78 is 17.4. The van der Waals surface area contributed by atoms with Crippen LogP contribution in [0.3, 0.4) is 0 Å². The molecule has 8 nitrogen and oxygen atoms in total. The van der Waals surface area contributed by atoms with Crippen LogP contribution in [0.25, 0.3) is 0 Å². The Kier molecular flexibility index (Phi) is 45.4. The number of rotatable bonds is 47. The van der Waals surface area contributed by atoms with Crippen molar-refractivity contribution >= 4 is 17.9 Å². The molecule has 0 rings (SSSR count). The zero-order chi connectivity index (χ0) is 48.4. The Morgan fingerprint density at radius 3 is 1.26 bits per heavy atom. The number of carboxylic acids is 1. The van der Waals surface area contributed by atoms with Gasteiger partial charge in [0.1, 0.15) is 6.61 Å². The monoisotopic (exact) mass is 923 g/mol. The summed E-state index contributed by atoms with van der Waals surface area (Å²) in [6, 6.07) is -0.623. The topological polar surface area (TPSA) is 99.1 Å². The molecule has 0 aromatic heterocycles. The van der Waals surface area contributed by atoms with Crippen molar-refractivity contribution in [2.45, 2.75) is 225 Å². The van der Waals surface area contributed by atoms with Crippen LogP contribution in [0.1, 0.15) is 213 Å². The summed E-state index contributed by atoms with van der Waals surface area (Å²) in [5, 5.41) is 9.67. The van der Waals surface area contributed by atoms with Crippen LogP contribution in [-0.2, 0) is 28.6 Å². The first-order chi connectivity index (χ1) is 32.1. The van der Waals surface area contributed by atoms with Crippen LogP contribution in [0, 0.1) is 0 Å². The molecule has 0 amide bonds. The molecule has 0 fully saturated rings. The van der Waals surface area contributed by atoms with E-state index in [9.17, 15) is 19.5 Å². The van der Waals surface area contributed by atoms with Crippen LogP contribution >= 0.6 is 0 Å². The van der Waals surface area contributed by atoms with Crippen LogP contribution < -0.4 is 0 Å². The van der Waals surface area contributed by atoms with E-state index in [1.807, 2.05) is 21.1 Å². The maximum atomic E-state index is 12.8. The number of carbonyl (C=O) groups is 3. The highest BCUT2D eigenvalue weighted by Crippen LogP contribution is 2.15. The van der Waals surface area contributed by atoms with Crippen molar-refractivity contribution < 1.29 is 38.2 Å². The molecular weight excluding hydrogens is 823 g/mol. The first-order valence-electron chi connectivity index (χ1n) is 26.6. The SMILES string of the molecule is CC/C=C/C/C=C/C/C=C/CCCCCCCCCCCCCC(=O)OC(COCCC(C(=O)O)[N+](C)(C)C)COC(=O)CCCCCCC/C=C/C/C=C/C/C=C/C/C=C/CCCCC. The molecule has 0 aliphatic heterocycles. The molecule has 0 aliphatic carbocycles. The Morgan fingerprint density at radius 1 is 0.470 bits per heavy atom. The minimum absolute atomic E-state index is 0.0500. The van der Waals surface area contributed by atoms with E-state index in [0.29, 0.717) is 19.3 Å². The molecular formula is C58H100NO7+. The maximum Gasteiger partial charge on any atom is 0.362 e. The Bertz CT molecular complexity index is 1350. The highest BCUT2D eigenvalue weighted by atomic mass is 16.6. The van der Waals surface area contributed by atoms with Gasteiger partial charge in [-0.2, -0.15) is 0 Å². The van der Waals surface area contributed by atoms with E-state index in [1.54, 1.807) is 0 Å². The lowest BCUT2D eigenvalue weighted by Crippen LogP contribution is -2.50. The first kappa shape index (κ1) is 62.5. The second-order valence-electron chi connectivity index (χ2n) is 18.7. The molecule has 0 aliphatic rings. The Morgan fingerprint density at radius 2 is 0.848 bits per heavy atom. The summed E-state index contributed by atoms with van der Waals surface area (Å²) in [6.45, 7) is 4.58. The van der Waals surface area contributed by atoms with Crippen molar-refractivity contribution in [3.63, 3.8) is 0 Å². The third-order valence-electron chi connectivity index (χ3n) is 11.5. The van der Waals surface area contributed by atoms with E-state index in [1.165, 1.54) is 83.5 Å². The molecule has 0 aromatic carbocycles. The Balaban J connectivity index is 4.28. The van der Waals surface area contributed by atoms with E-state index >= 15 is 0 Å². The van der Waals surface area contributed by atoms with Crippen LogP contribution in [0.2, 0.25) is 0 Å². The van der Waals surface area contributed by atoms with Gasteiger partial charge in [0.2, 0.25) is 0 Å². The van der Waals surface area contributed by atoms with Crippen molar-refractivity contribution in [1.29, 1.82) is 0 Å². The Hall–Kier alpha value is -3.49. The number of unbranched alkanes of at least 4 members (excludes halogenated alkanes) is 19. The molecule has 0 aromatic rings. The average Bonchev–Trinajstić information content (AvgIpc) is 3.28. The second kappa shape index (κ2) is 48.0. The second-order valence-corrected chi connectivity index (χ2v) is 18.7. The predicted molar refractivity (Wildman–Crippen MR) is 280 cm³/mol. The van der Waals surface area contributed by atoms with Gasteiger partial charge < -0.3 is 23.8 Å². The zero-order valence-corrected chi connectivity index (χ0v) is 43.1. The smallest absolute Gasteiger partial charge is 0.362 e. The fourth-order valence-electron chi connectivity index (χ4n) is 7.44. The highest BCUT2D eigenvalue weighted by Gasteiger charge is 2.31. The van der Waals surface area contributed by atoms with Crippen molar-refractivity contribution in [2.24, 2.45) is 0 Å². The molecule has 0 bridgehead atoms.